The Kier molecular flexibility index (Phi) is 3.35. The van der Waals surface area contributed by atoms with Crippen molar-refractivity contribution in [3.8, 4) is 6.07 Å². The molecular weight excluding hydrogens is 192 g/mol. The number of nitrogens with one attached hydrogen (secondary N) is 1. The van der Waals surface area contributed by atoms with E-state index in [-0.39, 0.29) is 0 Å². The fraction of sp³-hybridized carbons (Fsp3) is 0.909. The van der Waals surface area contributed by atoms with Crippen LogP contribution in [0.15, 0.2) is 0 Å². The zero-order valence-electron chi connectivity index (χ0n) is 8.70. The molecule has 4 unspecified atom stereocenters. The van der Waals surface area contributed by atoms with E-state index in [1.807, 2.05) is 0 Å². The second kappa shape index (κ2) is 4.55. The van der Waals surface area contributed by atoms with Crippen LogP contribution in [-0.4, -0.2) is 23.6 Å². The molecule has 2 rings (SSSR count). The normalized spacial score (nSPS) is 42.6. The molecule has 0 bridgehead atoms. The zero-order valence-corrected chi connectivity index (χ0v) is 9.52. The molecule has 1 heterocycles. The number of hydrogen-bond acceptors (Lipinski definition) is 3. The Balaban J connectivity index is 1.79. The zero-order chi connectivity index (χ0) is 9.97. The average molecular weight is 210 g/mol. The third-order valence-corrected chi connectivity index (χ3v) is 4.79. The van der Waals surface area contributed by atoms with Crippen LogP contribution < -0.4 is 5.32 Å². The van der Waals surface area contributed by atoms with Gasteiger partial charge in [-0.3, -0.25) is 0 Å². The lowest BCUT2D eigenvalue weighted by Crippen LogP contribution is -2.40. The lowest BCUT2D eigenvalue weighted by atomic mass is 10.0. The van der Waals surface area contributed by atoms with Crippen molar-refractivity contribution >= 4 is 11.8 Å². The molecule has 0 aromatic heterocycles. The van der Waals surface area contributed by atoms with Gasteiger partial charge in [0, 0.05) is 23.8 Å². The van der Waals surface area contributed by atoms with Gasteiger partial charge in [-0.25, -0.2) is 0 Å². The molecule has 0 spiro atoms. The highest BCUT2D eigenvalue weighted by molar-refractivity contribution is 7.99. The Hall–Kier alpha value is -0.200. The molecule has 0 radical (unpaired) electrons. The van der Waals surface area contributed by atoms with Crippen LogP contribution in [-0.2, 0) is 0 Å². The molecular formula is C11H18N2S. The Morgan fingerprint density at radius 2 is 2.21 bits per heavy atom. The molecule has 3 heteroatoms. The predicted octanol–water partition coefficient (Wildman–Crippen LogP) is 2.02. The summed E-state index contributed by atoms with van der Waals surface area (Å²) in [6.45, 7) is 2.33. The lowest BCUT2D eigenvalue weighted by molar-refractivity contribution is 0.390. The Labute approximate surface area is 90.4 Å². The topological polar surface area (TPSA) is 35.8 Å². The highest BCUT2D eigenvalue weighted by Gasteiger charge is 2.30. The van der Waals surface area contributed by atoms with Gasteiger partial charge in [-0.05, 0) is 30.9 Å². The molecule has 0 aromatic rings. The van der Waals surface area contributed by atoms with Crippen LogP contribution >= 0.6 is 11.8 Å². The van der Waals surface area contributed by atoms with E-state index in [2.05, 4.69) is 30.1 Å². The molecule has 1 aliphatic heterocycles. The van der Waals surface area contributed by atoms with Crippen LogP contribution in [0.1, 0.15) is 26.2 Å². The van der Waals surface area contributed by atoms with E-state index in [1.54, 1.807) is 0 Å². The summed E-state index contributed by atoms with van der Waals surface area (Å²) in [5, 5.41) is 12.5. The van der Waals surface area contributed by atoms with Crippen LogP contribution in [0.3, 0.4) is 0 Å². The first-order valence-electron chi connectivity index (χ1n) is 5.53. The van der Waals surface area contributed by atoms with E-state index < -0.39 is 0 Å². The molecule has 1 N–H and O–H groups in total. The second-order valence-electron chi connectivity index (χ2n) is 4.62. The molecule has 1 saturated heterocycles. The largest absolute Gasteiger partial charge is 0.310 e. The monoisotopic (exact) mass is 210 g/mol. The van der Waals surface area contributed by atoms with Crippen LogP contribution in [0.2, 0.25) is 0 Å². The third-order valence-electron chi connectivity index (χ3n) is 3.43. The van der Waals surface area contributed by atoms with Crippen LogP contribution in [0.4, 0.5) is 0 Å². The van der Waals surface area contributed by atoms with E-state index in [9.17, 15) is 0 Å². The van der Waals surface area contributed by atoms with Gasteiger partial charge in [-0.15, -0.1) is 0 Å². The molecule has 1 aliphatic carbocycles. The van der Waals surface area contributed by atoms with Crippen molar-refractivity contribution in [2.45, 2.75) is 38.3 Å². The molecule has 1 saturated carbocycles. The minimum atomic E-state index is 0.317. The predicted molar refractivity (Wildman–Crippen MR) is 60.2 cm³/mol. The van der Waals surface area contributed by atoms with E-state index in [0.29, 0.717) is 18.0 Å². The Bertz CT molecular complexity index is 236. The standard InChI is InChI=1S/C11H18N2S/c1-8-6-14-7-11(8)13-10-3-2-9(4-10)5-12/h8-11,13H,2-4,6-7H2,1H3. The molecule has 0 aromatic carbocycles. The summed E-state index contributed by atoms with van der Waals surface area (Å²) in [6, 6.07) is 3.70. The van der Waals surface area contributed by atoms with E-state index in [4.69, 9.17) is 5.26 Å². The fourth-order valence-corrected chi connectivity index (χ4v) is 3.85. The number of nitriles is 1. The van der Waals surface area contributed by atoms with Gasteiger partial charge < -0.3 is 5.32 Å². The van der Waals surface area contributed by atoms with Gasteiger partial charge in [0.15, 0.2) is 0 Å². The fourth-order valence-electron chi connectivity index (χ4n) is 2.43. The van der Waals surface area contributed by atoms with Crippen molar-refractivity contribution in [2.75, 3.05) is 11.5 Å². The number of rotatable bonds is 2. The minimum absolute atomic E-state index is 0.317. The first kappa shape index (κ1) is 10.3. The van der Waals surface area contributed by atoms with E-state index in [1.165, 1.54) is 17.9 Å². The quantitative estimate of drug-likeness (QED) is 0.757. The summed E-state index contributed by atoms with van der Waals surface area (Å²) in [6.07, 6.45) is 3.37. The molecule has 78 valence electrons. The van der Waals surface area contributed by atoms with Gasteiger partial charge in [-0.1, -0.05) is 6.92 Å². The second-order valence-corrected chi connectivity index (χ2v) is 5.70. The molecule has 14 heavy (non-hydrogen) atoms. The third kappa shape index (κ3) is 2.24. The Morgan fingerprint density at radius 3 is 2.79 bits per heavy atom. The van der Waals surface area contributed by atoms with Gasteiger partial charge in [0.05, 0.1) is 6.07 Å². The average Bonchev–Trinajstić information content (AvgIpc) is 2.77. The maximum atomic E-state index is 8.81. The molecule has 2 fully saturated rings. The van der Waals surface area contributed by atoms with Crippen LogP contribution in [0.5, 0.6) is 0 Å². The van der Waals surface area contributed by atoms with Gasteiger partial charge in [0.2, 0.25) is 0 Å². The molecule has 0 amide bonds. The highest BCUT2D eigenvalue weighted by atomic mass is 32.2. The summed E-state index contributed by atoms with van der Waals surface area (Å²) in [5.41, 5.74) is 0. The van der Waals surface area contributed by atoms with Crippen molar-refractivity contribution in [3.05, 3.63) is 0 Å². The van der Waals surface area contributed by atoms with Crippen molar-refractivity contribution < 1.29 is 0 Å². The van der Waals surface area contributed by atoms with E-state index >= 15 is 0 Å². The smallest absolute Gasteiger partial charge is 0.0656 e. The summed E-state index contributed by atoms with van der Waals surface area (Å²) in [4.78, 5) is 0. The lowest BCUT2D eigenvalue weighted by Gasteiger charge is -2.21. The van der Waals surface area contributed by atoms with Gasteiger partial charge >= 0.3 is 0 Å². The maximum absolute atomic E-state index is 8.81. The van der Waals surface area contributed by atoms with Gasteiger partial charge in [-0.2, -0.15) is 17.0 Å². The van der Waals surface area contributed by atoms with Gasteiger partial charge in [0.25, 0.3) is 0 Å². The number of thioether (sulfide) groups is 1. The summed E-state index contributed by atoms with van der Waals surface area (Å²) in [7, 11) is 0. The van der Waals surface area contributed by atoms with Crippen LogP contribution in [0, 0.1) is 23.2 Å². The van der Waals surface area contributed by atoms with Crippen molar-refractivity contribution in [2.24, 2.45) is 11.8 Å². The van der Waals surface area contributed by atoms with Crippen molar-refractivity contribution in [3.63, 3.8) is 0 Å². The van der Waals surface area contributed by atoms with Gasteiger partial charge in [0.1, 0.15) is 0 Å². The van der Waals surface area contributed by atoms with Crippen molar-refractivity contribution in [1.82, 2.24) is 5.32 Å². The first-order chi connectivity index (χ1) is 6.79. The molecule has 2 nitrogen and oxygen atoms in total. The van der Waals surface area contributed by atoms with E-state index in [0.717, 1.165) is 18.8 Å². The number of nitrogens with zero attached hydrogens (tertiary/aromatic N) is 1. The summed E-state index contributed by atoms with van der Waals surface area (Å²) < 4.78 is 0. The number of hydrogen-bond donors (Lipinski definition) is 1. The summed E-state index contributed by atoms with van der Waals surface area (Å²) in [5.74, 6) is 3.68. The minimum Gasteiger partial charge on any atom is -0.310 e. The Morgan fingerprint density at radius 1 is 1.36 bits per heavy atom. The van der Waals surface area contributed by atoms with Crippen LogP contribution in [0.25, 0.3) is 0 Å². The summed E-state index contributed by atoms with van der Waals surface area (Å²) >= 11 is 2.05. The SMILES string of the molecule is CC1CSCC1NC1CCC(C#N)C1. The maximum Gasteiger partial charge on any atom is 0.0656 e. The molecule has 2 aliphatic rings. The van der Waals surface area contributed by atoms with Crippen molar-refractivity contribution in [1.29, 1.82) is 5.26 Å². The highest BCUT2D eigenvalue weighted by Crippen LogP contribution is 2.29. The first-order valence-corrected chi connectivity index (χ1v) is 6.68. The molecule has 4 atom stereocenters.